The Kier molecular flexibility index (Phi) is 13.5. The molecular weight excluding hydrogens is 676 g/mol. The number of nitrogens with one attached hydrogen (secondary N) is 2. The molecule has 1 fully saturated rings. The van der Waals surface area contributed by atoms with Crippen LogP contribution < -0.4 is 20.1 Å². The summed E-state index contributed by atoms with van der Waals surface area (Å²) in [4.78, 5) is 113. The summed E-state index contributed by atoms with van der Waals surface area (Å²) in [5, 5.41) is 4.92. The number of imide groups is 3. The van der Waals surface area contributed by atoms with E-state index in [0.717, 1.165) is 9.80 Å². The topological polar surface area (TPSA) is 203 Å². The SMILES string of the molecule is Cc1c(OCC(=O)NCCCCCOc2cccc3c2C(=O)N(C2CCC(=O)NC2=O)C3=O)cccc1C(=O)N(C=O)C(CCC=O)C(=O)C(C)C. The molecule has 52 heavy (non-hydrogen) atoms. The van der Waals surface area contributed by atoms with Crippen molar-refractivity contribution in [2.24, 2.45) is 5.92 Å². The minimum Gasteiger partial charge on any atom is -0.493 e. The Hall–Kier alpha value is -5.73. The fraction of sp³-hybridized carbons (Fsp3) is 0.432. The average molecular weight is 719 g/mol. The van der Waals surface area contributed by atoms with Crippen LogP contribution in [0.2, 0.25) is 0 Å². The third-order valence-electron chi connectivity index (χ3n) is 8.84. The first-order chi connectivity index (χ1) is 24.9. The standard InChI is InChI=1S/C37H42N4O11/c1-22(2)33(46)26(12-9-18-42)40(21-43)35(48)24-10-7-13-28(23(24)3)52-20-31(45)38-17-5-4-6-19-51-29-14-8-11-25-32(29)37(50)41(36(25)49)27-15-16-30(44)39-34(27)47/h7-8,10-11,13-14,18,21-22,26-27H,4-6,9,12,15-17,19-20H2,1-3H3,(H,38,45)(H,39,44,47). The number of ketones is 1. The van der Waals surface area contributed by atoms with E-state index >= 15 is 0 Å². The largest absolute Gasteiger partial charge is 0.493 e. The number of ether oxygens (including phenoxy) is 2. The molecular formula is C37H42N4O11. The zero-order chi connectivity index (χ0) is 37.9. The van der Waals surface area contributed by atoms with Crippen LogP contribution in [0.5, 0.6) is 11.5 Å². The molecule has 2 N–H and O–H groups in total. The lowest BCUT2D eigenvalue weighted by molar-refractivity contribution is -0.136. The van der Waals surface area contributed by atoms with Crippen LogP contribution in [0.4, 0.5) is 0 Å². The minimum absolute atomic E-state index is 0.00104. The second kappa shape index (κ2) is 18.0. The number of aldehydes is 1. The summed E-state index contributed by atoms with van der Waals surface area (Å²) < 4.78 is 11.5. The number of hydrogen-bond donors (Lipinski definition) is 2. The fourth-order valence-corrected chi connectivity index (χ4v) is 6.05. The van der Waals surface area contributed by atoms with Gasteiger partial charge in [-0.2, -0.15) is 0 Å². The van der Waals surface area contributed by atoms with Crippen molar-refractivity contribution in [2.45, 2.75) is 77.8 Å². The quantitative estimate of drug-likeness (QED) is 0.123. The molecule has 2 aliphatic heterocycles. The Labute approximate surface area is 300 Å². The van der Waals surface area contributed by atoms with Crippen LogP contribution in [0, 0.1) is 12.8 Å². The molecule has 2 aromatic carbocycles. The molecule has 0 radical (unpaired) electrons. The van der Waals surface area contributed by atoms with Crippen molar-refractivity contribution in [2.75, 3.05) is 19.8 Å². The molecule has 276 valence electrons. The van der Waals surface area contributed by atoms with Crippen LogP contribution >= 0.6 is 0 Å². The van der Waals surface area contributed by atoms with Crippen molar-refractivity contribution < 1.29 is 52.6 Å². The van der Waals surface area contributed by atoms with Crippen molar-refractivity contribution in [3.8, 4) is 11.5 Å². The first-order valence-corrected chi connectivity index (χ1v) is 17.1. The molecule has 2 aromatic rings. The molecule has 15 nitrogen and oxygen atoms in total. The number of fused-ring (bicyclic) bond motifs is 1. The zero-order valence-electron chi connectivity index (χ0n) is 29.3. The maximum Gasteiger partial charge on any atom is 0.266 e. The fourth-order valence-electron chi connectivity index (χ4n) is 6.05. The number of carbonyl (C=O) groups is 9. The number of hydrogen-bond acceptors (Lipinski definition) is 11. The molecule has 4 rings (SSSR count). The van der Waals surface area contributed by atoms with Gasteiger partial charge in [0.15, 0.2) is 12.4 Å². The first-order valence-electron chi connectivity index (χ1n) is 17.1. The Balaban J connectivity index is 1.22. The predicted molar refractivity (Wildman–Crippen MR) is 183 cm³/mol. The van der Waals surface area contributed by atoms with Gasteiger partial charge in [0.2, 0.25) is 18.2 Å². The molecule has 0 aromatic heterocycles. The van der Waals surface area contributed by atoms with E-state index in [-0.39, 0.29) is 72.9 Å². The third kappa shape index (κ3) is 8.94. The Bertz CT molecular complexity index is 1750. The van der Waals surface area contributed by atoms with E-state index in [9.17, 15) is 43.2 Å². The smallest absolute Gasteiger partial charge is 0.266 e. The van der Waals surface area contributed by atoms with Gasteiger partial charge in [0.1, 0.15) is 23.8 Å². The summed E-state index contributed by atoms with van der Waals surface area (Å²) in [6.45, 7) is 5.13. The number of Topliss-reactive ketones (excluding diaryl/α,β-unsaturated/α-hetero) is 1. The van der Waals surface area contributed by atoms with Crippen LogP contribution in [0.25, 0.3) is 0 Å². The lowest BCUT2D eigenvalue weighted by Gasteiger charge is -2.27. The Morgan fingerprint density at radius 2 is 1.71 bits per heavy atom. The molecule has 2 heterocycles. The molecule has 15 heteroatoms. The average Bonchev–Trinajstić information content (AvgIpc) is 3.37. The van der Waals surface area contributed by atoms with Crippen molar-refractivity contribution >= 4 is 53.9 Å². The van der Waals surface area contributed by atoms with Gasteiger partial charge in [0, 0.05) is 36.4 Å². The van der Waals surface area contributed by atoms with Crippen molar-refractivity contribution in [1.82, 2.24) is 20.4 Å². The molecule has 0 saturated carbocycles. The zero-order valence-corrected chi connectivity index (χ0v) is 29.3. The van der Waals surface area contributed by atoms with E-state index in [2.05, 4.69) is 10.6 Å². The highest BCUT2D eigenvalue weighted by Gasteiger charge is 2.46. The normalized spacial score (nSPS) is 15.8. The summed E-state index contributed by atoms with van der Waals surface area (Å²) in [5.41, 5.74) is 0.696. The molecule has 0 aliphatic carbocycles. The summed E-state index contributed by atoms with van der Waals surface area (Å²) in [6, 6.07) is 7.08. The highest BCUT2D eigenvalue weighted by Crippen LogP contribution is 2.34. The number of nitrogens with zero attached hydrogens (tertiary/aromatic N) is 2. The summed E-state index contributed by atoms with van der Waals surface area (Å²) in [6.07, 6.45) is 2.85. The van der Waals surface area contributed by atoms with E-state index in [4.69, 9.17) is 9.47 Å². The monoisotopic (exact) mass is 718 g/mol. The first kappa shape index (κ1) is 39.1. The Morgan fingerprint density at radius 1 is 0.981 bits per heavy atom. The predicted octanol–water partition coefficient (Wildman–Crippen LogP) is 2.31. The highest BCUT2D eigenvalue weighted by atomic mass is 16.5. The number of benzene rings is 2. The van der Waals surface area contributed by atoms with Gasteiger partial charge >= 0.3 is 0 Å². The van der Waals surface area contributed by atoms with Crippen LogP contribution in [0.15, 0.2) is 36.4 Å². The molecule has 1 saturated heterocycles. The lowest BCUT2D eigenvalue weighted by Crippen LogP contribution is -2.54. The van der Waals surface area contributed by atoms with E-state index in [1.54, 1.807) is 39.0 Å². The van der Waals surface area contributed by atoms with Gasteiger partial charge in [-0.1, -0.05) is 26.0 Å². The minimum atomic E-state index is -1.09. The van der Waals surface area contributed by atoms with Gasteiger partial charge in [-0.15, -0.1) is 0 Å². The van der Waals surface area contributed by atoms with Gasteiger partial charge in [-0.3, -0.25) is 53.5 Å². The molecule has 0 bridgehead atoms. The van der Waals surface area contributed by atoms with Gasteiger partial charge in [0.05, 0.1) is 23.8 Å². The summed E-state index contributed by atoms with van der Waals surface area (Å²) in [5.74, 6) is -3.87. The molecule has 2 atom stereocenters. The maximum atomic E-state index is 13.4. The number of piperidine rings is 1. The van der Waals surface area contributed by atoms with Gasteiger partial charge in [-0.05, 0) is 63.3 Å². The van der Waals surface area contributed by atoms with Crippen LogP contribution in [-0.2, 0) is 28.8 Å². The van der Waals surface area contributed by atoms with Crippen molar-refractivity contribution in [1.29, 1.82) is 0 Å². The number of carbonyl (C=O) groups excluding carboxylic acids is 9. The molecule has 2 aliphatic rings. The highest BCUT2D eigenvalue weighted by molar-refractivity contribution is 6.24. The summed E-state index contributed by atoms with van der Waals surface area (Å²) >= 11 is 0. The molecule has 2 unspecified atom stereocenters. The summed E-state index contributed by atoms with van der Waals surface area (Å²) in [7, 11) is 0. The van der Waals surface area contributed by atoms with Crippen molar-refractivity contribution in [3.05, 3.63) is 58.7 Å². The van der Waals surface area contributed by atoms with Crippen LogP contribution in [0.1, 0.15) is 95.4 Å². The molecule has 0 spiro atoms. The lowest BCUT2D eigenvalue weighted by atomic mass is 9.96. The van der Waals surface area contributed by atoms with E-state index in [1.165, 1.54) is 18.2 Å². The number of rotatable bonds is 19. The second-order valence-electron chi connectivity index (χ2n) is 12.7. The van der Waals surface area contributed by atoms with E-state index < -0.39 is 53.4 Å². The second-order valence-corrected chi connectivity index (χ2v) is 12.7. The number of amides is 7. The van der Waals surface area contributed by atoms with Crippen molar-refractivity contribution in [3.63, 3.8) is 0 Å². The molecule has 7 amide bonds. The van der Waals surface area contributed by atoms with Crippen LogP contribution in [0.3, 0.4) is 0 Å². The van der Waals surface area contributed by atoms with E-state index in [1.807, 2.05) is 0 Å². The maximum absolute atomic E-state index is 13.4. The van der Waals surface area contributed by atoms with E-state index in [0.29, 0.717) is 44.1 Å². The van der Waals surface area contributed by atoms with Crippen LogP contribution in [-0.4, -0.2) is 95.6 Å². The van der Waals surface area contributed by atoms with Gasteiger partial charge < -0.3 is 19.6 Å². The Morgan fingerprint density at radius 3 is 2.40 bits per heavy atom. The number of unbranched alkanes of at least 4 members (excludes halogenated alkanes) is 2. The van der Waals surface area contributed by atoms with Gasteiger partial charge in [-0.25, -0.2) is 0 Å². The third-order valence-corrected chi connectivity index (χ3v) is 8.84. The van der Waals surface area contributed by atoms with Gasteiger partial charge in [0.25, 0.3) is 23.6 Å².